The van der Waals surface area contributed by atoms with E-state index in [0.717, 1.165) is 44.1 Å². The number of carbonyl (C=O) groups is 2. The van der Waals surface area contributed by atoms with E-state index in [0.29, 0.717) is 22.3 Å². The molecule has 6 nitrogen and oxygen atoms in total. The molecule has 0 atom stereocenters. The maximum Gasteiger partial charge on any atom is 0.193 e. The fourth-order valence-electron chi connectivity index (χ4n) is 5.27. The fraction of sp³-hybridized carbons (Fsp3) is 0.0476. The Bertz CT molecular complexity index is 2300. The molecular weight excluding hydrogens is 592 g/mol. The van der Waals surface area contributed by atoms with Crippen molar-refractivity contribution >= 4 is 33.4 Å². The lowest BCUT2D eigenvalue weighted by Crippen LogP contribution is -2.26. The van der Waals surface area contributed by atoms with Gasteiger partial charge < -0.3 is 0 Å². The first-order valence-corrected chi connectivity index (χ1v) is 15.3. The number of fused-ring (bicyclic) bond motifs is 3. The van der Waals surface area contributed by atoms with Gasteiger partial charge in [-0.1, -0.05) is 35.8 Å². The molecule has 3 aromatic carbocycles. The quantitative estimate of drug-likeness (QED) is 0.110. The molecule has 0 aliphatic carbocycles. The Morgan fingerprint density at radius 2 is 0.792 bits per heavy atom. The summed E-state index contributed by atoms with van der Waals surface area (Å²) in [6.07, 6.45) is 10.9. The minimum Gasteiger partial charge on any atom is -0.289 e. The van der Waals surface area contributed by atoms with Gasteiger partial charge in [0.25, 0.3) is 0 Å². The van der Waals surface area contributed by atoms with Crippen LogP contribution >= 0.6 is 0 Å². The first kappa shape index (κ1) is 29.9. The maximum atomic E-state index is 12.8. The number of hydrogen-bond acceptors (Lipinski definition) is 4. The molecule has 0 fully saturated rings. The van der Waals surface area contributed by atoms with Gasteiger partial charge in [0.15, 0.2) is 36.4 Å². The molecule has 6 heteroatoms. The van der Waals surface area contributed by atoms with Crippen molar-refractivity contribution in [2.24, 2.45) is 14.1 Å². The molecule has 0 N–H and O–H groups in total. The third-order valence-electron chi connectivity index (χ3n) is 7.98. The van der Waals surface area contributed by atoms with Crippen molar-refractivity contribution in [1.29, 1.82) is 0 Å². The summed E-state index contributed by atoms with van der Waals surface area (Å²) in [5.41, 5.74) is 7.32. The van der Waals surface area contributed by atoms with Gasteiger partial charge in [0.1, 0.15) is 14.1 Å². The summed E-state index contributed by atoms with van der Waals surface area (Å²) in [5, 5.41) is 1.88. The van der Waals surface area contributed by atoms with Crippen molar-refractivity contribution in [2.45, 2.75) is 0 Å². The highest BCUT2D eigenvalue weighted by molar-refractivity contribution is 6.09. The number of ketones is 2. The van der Waals surface area contributed by atoms with Crippen molar-refractivity contribution in [3.05, 3.63) is 179 Å². The number of aromatic nitrogens is 4. The highest BCUT2D eigenvalue weighted by atomic mass is 16.1. The summed E-state index contributed by atoms with van der Waals surface area (Å²) in [6.45, 7) is 0. The molecule has 4 heterocycles. The first-order valence-electron chi connectivity index (χ1n) is 15.3. The normalized spacial score (nSPS) is 10.5. The molecule has 0 radical (unpaired) electrons. The minimum absolute atomic E-state index is 0.0217. The largest absolute Gasteiger partial charge is 0.289 e. The van der Waals surface area contributed by atoms with Crippen LogP contribution in [-0.2, 0) is 14.1 Å². The van der Waals surface area contributed by atoms with E-state index in [1.54, 1.807) is 36.7 Å². The number of pyridine rings is 4. The first-order chi connectivity index (χ1) is 23.4. The second-order valence-corrected chi connectivity index (χ2v) is 11.5. The van der Waals surface area contributed by atoms with Gasteiger partial charge in [-0.3, -0.25) is 19.6 Å². The molecule has 0 saturated heterocycles. The van der Waals surface area contributed by atoms with Crippen molar-refractivity contribution in [2.75, 3.05) is 0 Å². The van der Waals surface area contributed by atoms with E-state index >= 15 is 0 Å². The number of benzene rings is 3. The van der Waals surface area contributed by atoms with Crippen LogP contribution in [0.25, 0.3) is 21.8 Å². The van der Waals surface area contributed by atoms with Crippen LogP contribution in [-0.4, -0.2) is 21.5 Å². The zero-order chi connectivity index (χ0) is 33.0. The van der Waals surface area contributed by atoms with Crippen molar-refractivity contribution in [3.63, 3.8) is 0 Å². The third kappa shape index (κ3) is 6.46. The Kier molecular flexibility index (Phi) is 8.06. The summed E-state index contributed by atoms with van der Waals surface area (Å²) in [5.74, 6) is 12.7. The number of carbonyl (C=O) groups excluding carboxylic acids is 2. The van der Waals surface area contributed by atoms with E-state index in [4.69, 9.17) is 9.97 Å². The van der Waals surface area contributed by atoms with Crippen LogP contribution < -0.4 is 9.13 Å². The monoisotopic (exact) mass is 620 g/mol. The van der Waals surface area contributed by atoms with Crippen molar-refractivity contribution in [1.82, 2.24) is 9.97 Å². The lowest BCUT2D eigenvalue weighted by Gasteiger charge is -2.04. The van der Waals surface area contributed by atoms with Gasteiger partial charge in [0.05, 0.1) is 11.0 Å². The van der Waals surface area contributed by atoms with Crippen LogP contribution in [0.5, 0.6) is 0 Å². The molecule has 0 unspecified atom stereocenters. The Hall–Kier alpha value is -6.76. The van der Waals surface area contributed by atoms with Crippen LogP contribution in [0.15, 0.2) is 134 Å². The highest BCUT2D eigenvalue weighted by Crippen LogP contribution is 2.23. The Morgan fingerprint density at radius 3 is 1.17 bits per heavy atom. The third-order valence-corrected chi connectivity index (χ3v) is 7.98. The molecule has 7 rings (SSSR count). The molecule has 4 aromatic heterocycles. The lowest BCUT2D eigenvalue weighted by molar-refractivity contribution is -0.671. The van der Waals surface area contributed by atoms with Gasteiger partial charge in [-0.2, -0.15) is 0 Å². The number of nitrogens with zero attached hydrogens (tertiary/aromatic N) is 4. The second-order valence-electron chi connectivity index (χ2n) is 11.5. The highest BCUT2D eigenvalue weighted by Gasteiger charge is 2.11. The van der Waals surface area contributed by atoms with E-state index in [-0.39, 0.29) is 11.6 Å². The predicted octanol–water partition coefficient (Wildman–Crippen LogP) is 5.69. The topological polar surface area (TPSA) is 67.7 Å². The van der Waals surface area contributed by atoms with Crippen molar-refractivity contribution < 1.29 is 18.7 Å². The van der Waals surface area contributed by atoms with Gasteiger partial charge in [0.2, 0.25) is 0 Å². The Morgan fingerprint density at radius 1 is 0.458 bits per heavy atom. The van der Waals surface area contributed by atoms with Crippen LogP contribution in [0.3, 0.4) is 0 Å². The van der Waals surface area contributed by atoms with Gasteiger partial charge in [-0.25, -0.2) is 9.13 Å². The molecule has 226 valence electrons. The summed E-state index contributed by atoms with van der Waals surface area (Å²) in [6, 6.07) is 29.9. The van der Waals surface area contributed by atoms with Gasteiger partial charge in [-0.05, 0) is 60.7 Å². The van der Waals surface area contributed by atoms with E-state index in [1.165, 1.54) is 0 Å². The summed E-state index contributed by atoms with van der Waals surface area (Å²) >= 11 is 0. The second kappa shape index (κ2) is 12.9. The van der Waals surface area contributed by atoms with Gasteiger partial charge in [0, 0.05) is 91.9 Å². The molecule has 0 bridgehead atoms. The average molecular weight is 621 g/mol. The van der Waals surface area contributed by atoms with Crippen LogP contribution in [0.4, 0.5) is 0 Å². The number of rotatable bonds is 4. The van der Waals surface area contributed by atoms with Gasteiger partial charge >= 0.3 is 0 Å². The van der Waals surface area contributed by atoms with E-state index in [9.17, 15) is 9.59 Å². The fourth-order valence-corrected chi connectivity index (χ4v) is 5.27. The average Bonchev–Trinajstić information content (AvgIpc) is 3.13. The van der Waals surface area contributed by atoms with E-state index in [1.807, 2.05) is 121 Å². The molecular formula is C42H28N4O2+2. The van der Waals surface area contributed by atoms with E-state index < -0.39 is 0 Å². The SMILES string of the molecule is C[n+]1ccc(C(=O)c2ccc(C#Cc3cnc4c(ccc5cc(C#Cc6ccc(C(=O)c7cc[n+](C)cc7)cc6)cnc54)c3)cc2)cc1. The van der Waals surface area contributed by atoms with Crippen molar-refractivity contribution in [3.8, 4) is 23.7 Å². The standard InChI is InChI=1S/C42H28N4O2/c1-45-21-17-35(18-22-45)41(47)33-11-7-29(8-12-33)3-5-31-25-37-15-16-38-26-32(28-44-40(38)39(37)43-27-31)6-4-30-9-13-34(14-10-30)42(48)36-19-23-46(2)24-20-36/h7-28H,1-2H3/q+2. The number of hydrogen-bond donors (Lipinski definition) is 0. The molecule has 0 saturated carbocycles. The lowest BCUT2D eigenvalue weighted by atomic mass is 10.0. The summed E-state index contributed by atoms with van der Waals surface area (Å²) in [7, 11) is 3.83. The Balaban J connectivity index is 1.05. The van der Waals surface area contributed by atoms with Gasteiger partial charge in [-0.15, -0.1) is 0 Å². The van der Waals surface area contributed by atoms with Crippen LogP contribution in [0, 0.1) is 23.7 Å². The predicted molar refractivity (Wildman–Crippen MR) is 184 cm³/mol. The molecule has 7 aromatic rings. The molecule has 0 aliphatic rings. The smallest absolute Gasteiger partial charge is 0.193 e. The summed E-state index contributed by atoms with van der Waals surface area (Å²) in [4.78, 5) is 34.9. The van der Waals surface area contributed by atoms with Crippen LogP contribution in [0.2, 0.25) is 0 Å². The zero-order valence-electron chi connectivity index (χ0n) is 26.3. The Labute approximate surface area is 278 Å². The molecule has 48 heavy (non-hydrogen) atoms. The number of aryl methyl sites for hydroxylation is 2. The molecule has 0 amide bonds. The maximum absolute atomic E-state index is 12.8. The van der Waals surface area contributed by atoms with Crippen LogP contribution in [0.1, 0.15) is 54.1 Å². The molecule has 0 aliphatic heterocycles. The summed E-state index contributed by atoms with van der Waals surface area (Å²) < 4.78 is 3.79. The van der Waals surface area contributed by atoms with E-state index in [2.05, 4.69) is 23.7 Å². The molecule has 0 spiro atoms. The zero-order valence-corrected chi connectivity index (χ0v) is 26.3. The minimum atomic E-state index is -0.0217.